The number of hydrogen-bond acceptors (Lipinski definition) is 3. The van der Waals surface area contributed by atoms with Gasteiger partial charge in [-0.05, 0) is 18.4 Å². The second kappa shape index (κ2) is 4.97. The molecule has 1 aliphatic rings. The third kappa shape index (κ3) is 2.19. The number of fused-ring (bicyclic) bond motifs is 1. The van der Waals surface area contributed by atoms with Crippen molar-refractivity contribution in [3.05, 3.63) is 42.2 Å². The average molecular weight is 255 g/mol. The Morgan fingerprint density at radius 3 is 3.05 bits per heavy atom. The summed E-state index contributed by atoms with van der Waals surface area (Å²) in [6.07, 6.45) is 1.71. The van der Waals surface area contributed by atoms with Crippen LogP contribution in [0.5, 0.6) is 0 Å². The molecule has 0 radical (unpaired) electrons. The van der Waals surface area contributed by atoms with Crippen molar-refractivity contribution in [1.82, 2.24) is 15.2 Å². The molecule has 0 saturated carbocycles. The van der Waals surface area contributed by atoms with E-state index in [9.17, 15) is 4.79 Å². The number of nitrogens with one attached hydrogen (secondary N) is 1. The largest absolute Gasteiger partial charge is 0.332 e. The zero-order valence-corrected chi connectivity index (χ0v) is 11.0. The van der Waals surface area contributed by atoms with Gasteiger partial charge in [0, 0.05) is 37.3 Å². The van der Waals surface area contributed by atoms with Gasteiger partial charge in [0.2, 0.25) is 0 Å². The summed E-state index contributed by atoms with van der Waals surface area (Å²) in [5.41, 5.74) is 0.562. The molecular formula is C15H17N3O. The molecule has 3 rings (SSSR count). The zero-order chi connectivity index (χ0) is 13.2. The molecular weight excluding hydrogens is 238 g/mol. The number of hydrogen-bond donors (Lipinski definition) is 1. The van der Waals surface area contributed by atoms with Gasteiger partial charge in [0.1, 0.15) is 5.69 Å². The number of carbonyl (C=O) groups excluding carboxylic acids is 1. The van der Waals surface area contributed by atoms with Crippen molar-refractivity contribution in [2.75, 3.05) is 19.6 Å². The Kier molecular flexibility index (Phi) is 3.17. The molecule has 0 unspecified atom stereocenters. The van der Waals surface area contributed by atoms with Gasteiger partial charge in [-0.1, -0.05) is 24.3 Å². The lowest BCUT2D eigenvalue weighted by atomic mass is 10.1. The maximum atomic E-state index is 12.7. The minimum absolute atomic E-state index is 0.0331. The van der Waals surface area contributed by atoms with Crippen LogP contribution >= 0.6 is 0 Å². The minimum atomic E-state index is 0.0331. The maximum absolute atomic E-state index is 12.7. The molecule has 0 spiro atoms. The Labute approximate surface area is 112 Å². The van der Waals surface area contributed by atoms with Crippen LogP contribution in [0.1, 0.15) is 17.4 Å². The maximum Gasteiger partial charge on any atom is 0.273 e. The monoisotopic (exact) mass is 255 g/mol. The van der Waals surface area contributed by atoms with Gasteiger partial charge in [0.15, 0.2) is 0 Å². The van der Waals surface area contributed by atoms with Crippen molar-refractivity contribution in [1.29, 1.82) is 0 Å². The average Bonchev–Trinajstić information content (AvgIpc) is 2.46. The zero-order valence-electron chi connectivity index (χ0n) is 11.0. The number of nitrogens with zero attached hydrogens (tertiary/aromatic N) is 2. The Morgan fingerprint density at radius 2 is 2.21 bits per heavy atom. The summed E-state index contributed by atoms with van der Waals surface area (Å²) in [4.78, 5) is 18.9. The molecule has 98 valence electrons. The highest BCUT2D eigenvalue weighted by Gasteiger charge is 2.25. The van der Waals surface area contributed by atoms with Crippen molar-refractivity contribution in [3.63, 3.8) is 0 Å². The fourth-order valence-corrected chi connectivity index (χ4v) is 2.57. The first kappa shape index (κ1) is 12.1. The van der Waals surface area contributed by atoms with E-state index in [2.05, 4.69) is 17.2 Å². The van der Waals surface area contributed by atoms with E-state index in [0.29, 0.717) is 5.69 Å². The summed E-state index contributed by atoms with van der Waals surface area (Å²) in [6.45, 7) is 4.50. The number of rotatable bonds is 1. The van der Waals surface area contributed by atoms with E-state index in [0.717, 1.165) is 30.4 Å². The molecule has 1 saturated heterocycles. The van der Waals surface area contributed by atoms with Crippen LogP contribution in [0.3, 0.4) is 0 Å². The van der Waals surface area contributed by atoms with E-state index in [1.54, 1.807) is 6.20 Å². The summed E-state index contributed by atoms with van der Waals surface area (Å²) in [5.74, 6) is 0.0331. The number of pyridine rings is 1. The van der Waals surface area contributed by atoms with E-state index < -0.39 is 0 Å². The molecule has 1 aromatic heterocycles. The summed E-state index contributed by atoms with van der Waals surface area (Å²) in [7, 11) is 0. The van der Waals surface area contributed by atoms with Crippen molar-refractivity contribution in [3.8, 4) is 0 Å². The van der Waals surface area contributed by atoms with Crippen LogP contribution in [0, 0.1) is 0 Å². The SMILES string of the molecule is C[C@H]1CNCCN1C(=O)c1nccc2ccccc12. The van der Waals surface area contributed by atoms with Gasteiger partial charge in [-0.25, -0.2) is 0 Å². The van der Waals surface area contributed by atoms with Crippen LogP contribution < -0.4 is 5.32 Å². The third-order valence-electron chi connectivity index (χ3n) is 3.64. The van der Waals surface area contributed by atoms with Gasteiger partial charge in [-0.3, -0.25) is 9.78 Å². The minimum Gasteiger partial charge on any atom is -0.332 e. The topological polar surface area (TPSA) is 45.2 Å². The highest BCUT2D eigenvalue weighted by Crippen LogP contribution is 2.19. The molecule has 0 bridgehead atoms. The molecule has 4 heteroatoms. The molecule has 2 heterocycles. The number of piperazine rings is 1. The predicted molar refractivity (Wildman–Crippen MR) is 75.1 cm³/mol. The molecule has 1 amide bonds. The van der Waals surface area contributed by atoms with Gasteiger partial charge in [0.05, 0.1) is 0 Å². The lowest BCUT2D eigenvalue weighted by Gasteiger charge is -2.33. The summed E-state index contributed by atoms with van der Waals surface area (Å²) < 4.78 is 0. The van der Waals surface area contributed by atoms with Crippen molar-refractivity contribution >= 4 is 16.7 Å². The summed E-state index contributed by atoms with van der Waals surface area (Å²) in [5, 5.41) is 5.28. The van der Waals surface area contributed by atoms with Crippen molar-refractivity contribution in [2.24, 2.45) is 0 Å². The van der Waals surface area contributed by atoms with E-state index in [1.807, 2.05) is 35.2 Å². The summed E-state index contributed by atoms with van der Waals surface area (Å²) in [6, 6.07) is 10.0. The Hall–Kier alpha value is -1.94. The van der Waals surface area contributed by atoms with Crippen LogP contribution in [0.25, 0.3) is 10.8 Å². The van der Waals surface area contributed by atoms with E-state index in [-0.39, 0.29) is 11.9 Å². The second-order valence-corrected chi connectivity index (χ2v) is 4.93. The van der Waals surface area contributed by atoms with Gasteiger partial charge < -0.3 is 10.2 Å². The highest BCUT2D eigenvalue weighted by atomic mass is 16.2. The first-order valence-corrected chi connectivity index (χ1v) is 6.63. The van der Waals surface area contributed by atoms with E-state index in [1.165, 1.54) is 0 Å². The number of benzene rings is 1. The molecule has 1 fully saturated rings. The smallest absolute Gasteiger partial charge is 0.273 e. The van der Waals surface area contributed by atoms with Crippen LogP contribution in [-0.4, -0.2) is 41.5 Å². The molecule has 1 aliphatic heterocycles. The van der Waals surface area contributed by atoms with Gasteiger partial charge in [-0.2, -0.15) is 0 Å². The second-order valence-electron chi connectivity index (χ2n) is 4.93. The van der Waals surface area contributed by atoms with Crippen LogP contribution in [0.15, 0.2) is 36.5 Å². The molecule has 19 heavy (non-hydrogen) atoms. The van der Waals surface area contributed by atoms with Crippen LogP contribution in [-0.2, 0) is 0 Å². The Morgan fingerprint density at radius 1 is 1.37 bits per heavy atom. The lowest BCUT2D eigenvalue weighted by Crippen LogP contribution is -2.52. The Bertz CT molecular complexity index is 606. The lowest BCUT2D eigenvalue weighted by molar-refractivity contribution is 0.0652. The van der Waals surface area contributed by atoms with Crippen molar-refractivity contribution < 1.29 is 4.79 Å². The first-order valence-electron chi connectivity index (χ1n) is 6.63. The molecule has 4 nitrogen and oxygen atoms in total. The predicted octanol–water partition coefficient (Wildman–Crippen LogP) is 1.67. The van der Waals surface area contributed by atoms with E-state index in [4.69, 9.17) is 0 Å². The van der Waals surface area contributed by atoms with Crippen LogP contribution in [0.4, 0.5) is 0 Å². The fraction of sp³-hybridized carbons (Fsp3) is 0.333. The molecule has 1 N–H and O–H groups in total. The highest BCUT2D eigenvalue weighted by molar-refractivity contribution is 6.05. The number of amides is 1. The molecule has 0 aliphatic carbocycles. The summed E-state index contributed by atoms with van der Waals surface area (Å²) >= 11 is 0. The fourth-order valence-electron chi connectivity index (χ4n) is 2.57. The van der Waals surface area contributed by atoms with Gasteiger partial charge in [-0.15, -0.1) is 0 Å². The third-order valence-corrected chi connectivity index (χ3v) is 3.64. The standard InChI is InChI=1S/C15H17N3O/c1-11-10-16-8-9-18(11)15(19)14-13-5-3-2-4-12(13)6-7-17-14/h2-7,11,16H,8-10H2,1H3/t11-/m0/s1. The molecule has 1 aromatic carbocycles. The number of aromatic nitrogens is 1. The van der Waals surface area contributed by atoms with Crippen LogP contribution in [0.2, 0.25) is 0 Å². The van der Waals surface area contributed by atoms with Gasteiger partial charge >= 0.3 is 0 Å². The normalized spacial score (nSPS) is 19.6. The quantitative estimate of drug-likeness (QED) is 0.843. The van der Waals surface area contributed by atoms with E-state index >= 15 is 0 Å². The number of carbonyl (C=O) groups is 1. The van der Waals surface area contributed by atoms with Gasteiger partial charge in [0.25, 0.3) is 5.91 Å². The first-order chi connectivity index (χ1) is 9.27. The molecule has 1 atom stereocenters. The Balaban J connectivity index is 2.01. The van der Waals surface area contributed by atoms with Crippen molar-refractivity contribution in [2.45, 2.75) is 13.0 Å². The molecule has 2 aromatic rings.